The predicted octanol–water partition coefficient (Wildman–Crippen LogP) is 1.29. The number of rotatable bonds is 5. The number of nitrogens with zero attached hydrogens (tertiary/aromatic N) is 3. The zero-order valence-corrected chi connectivity index (χ0v) is 12.5. The van der Waals surface area contributed by atoms with Crippen LogP contribution in [-0.4, -0.2) is 61.2 Å². The molecule has 0 aromatic heterocycles. The lowest BCUT2D eigenvalue weighted by Gasteiger charge is -2.39. The molecular formula is C14H28N4. The van der Waals surface area contributed by atoms with Crippen LogP contribution in [-0.2, 0) is 0 Å². The molecule has 1 heterocycles. The highest BCUT2D eigenvalue weighted by molar-refractivity contribution is 5.06. The molecule has 4 heteroatoms. The number of hydrogen-bond donors (Lipinski definition) is 1. The average Bonchev–Trinajstić information content (AvgIpc) is 2.27. The second-order valence-corrected chi connectivity index (χ2v) is 6.22. The van der Waals surface area contributed by atoms with Gasteiger partial charge < -0.3 is 4.90 Å². The van der Waals surface area contributed by atoms with Gasteiger partial charge in [0.1, 0.15) is 5.54 Å². The van der Waals surface area contributed by atoms with E-state index in [1.807, 2.05) is 6.92 Å². The highest BCUT2D eigenvalue weighted by Crippen LogP contribution is 2.16. The number of hydrogen-bond acceptors (Lipinski definition) is 4. The van der Waals surface area contributed by atoms with Crippen LogP contribution in [0.3, 0.4) is 0 Å². The lowest BCUT2D eigenvalue weighted by Crippen LogP contribution is -2.56. The second kappa shape index (κ2) is 6.51. The number of likely N-dealkylation sites (N-methyl/N-ethyl adjacent to an activating group) is 2. The molecule has 0 saturated carbocycles. The molecule has 104 valence electrons. The molecule has 0 spiro atoms. The first-order valence-corrected chi connectivity index (χ1v) is 6.94. The minimum atomic E-state index is -0.459. The van der Waals surface area contributed by atoms with E-state index in [9.17, 15) is 5.26 Å². The third kappa shape index (κ3) is 4.56. The molecular weight excluding hydrogens is 224 g/mol. The van der Waals surface area contributed by atoms with Gasteiger partial charge in [-0.05, 0) is 54.3 Å². The summed E-state index contributed by atoms with van der Waals surface area (Å²) in [5.41, 5.74) is -0.459. The van der Waals surface area contributed by atoms with Gasteiger partial charge in [-0.15, -0.1) is 0 Å². The van der Waals surface area contributed by atoms with E-state index >= 15 is 0 Å². The summed E-state index contributed by atoms with van der Waals surface area (Å²) in [6, 6.07) is 3.33. The highest BCUT2D eigenvalue weighted by Gasteiger charge is 2.30. The molecule has 4 nitrogen and oxygen atoms in total. The van der Waals surface area contributed by atoms with Crippen LogP contribution >= 0.6 is 0 Å². The maximum Gasteiger partial charge on any atom is 0.116 e. The van der Waals surface area contributed by atoms with Gasteiger partial charge in [0.05, 0.1) is 6.07 Å². The van der Waals surface area contributed by atoms with E-state index in [1.165, 1.54) is 19.4 Å². The predicted molar refractivity (Wildman–Crippen MR) is 75.4 cm³/mol. The first-order chi connectivity index (χ1) is 8.36. The maximum atomic E-state index is 9.38. The Morgan fingerprint density at radius 1 is 1.56 bits per heavy atom. The van der Waals surface area contributed by atoms with E-state index in [1.54, 1.807) is 0 Å². The number of nitriles is 1. The Labute approximate surface area is 112 Å². The largest absolute Gasteiger partial charge is 0.305 e. The smallest absolute Gasteiger partial charge is 0.116 e. The average molecular weight is 252 g/mol. The molecule has 0 aromatic rings. The molecule has 2 atom stereocenters. The van der Waals surface area contributed by atoms with E-state index in [0.29, 0.717) is 12.1 Å². The molecule has 0 aliphatic carbocycles. The fourth-order valence-electron chi connectivity index (χ4n) is 2.88. The number of piperidine rings is 1. The van der Waals surface area contributed by atoms with Crippen LogP contribution < -0.4 is 5.32 Å². The van der Waals surface area contributed by atoms with Crippen LogP contribution in [0.2, 0.25) is 0 Å². The Hall–Kier alpha value is -0.630. The van der Waals surface area contributed by atoms with Crippen LogP contribution in [0.1, 0.15) is 33.6 Å². The molecule has 2 unspecified atom stereocenters. The van der Waals surface area contributed by atoms with Crippen molar-refractivity contribution < 1.29 is 0 Å². The Bertz CT molecular complexity index is 297. The van der Waals surface area contributed by atoms with E-state index < -0.39 is 5.54 Å². The van der Waals surface area contributed by atoms with Crippen molar-refractivity contribution in [2.75, 3.05) is 33.7 Å². The van der Waals surface area contributed by atoms with Crippen LogP contribution in [0.5, 0.6) is 0 Å². The first kappa shape index (κ1) is 15.4. The van der Waals surface area contributed by atoms with Gasteiger partial charge in [0.15, 0.2) is 0 Å². The van der Waals surface area contributed by atoms with Crippen molar-refractivity contribution in [3.05, 3.63) is 0 Å². The van der Waals surface area contributed by atoms with Crippen molar-refractivity contribution in [3.63, 3.8) is 0 Å². The summed E-state index contributed by atoms with van der Waals surface area (Å²) >= 11 is 0. The molecule has 0 aromatic carbocycles. The van der Waals surface area contributed by atoms with Gasteiger partial charge in [0.25, 0.3) is 0 Å². The highest BCUT2D eigenvalue weighted by atomic mass is 15.2. The molecule has 1 N–H and O–H groups in total. The van der Waals surface area contributed by atoms with Crippen molar-refractivity contribution in [1.29, 1.82) is 5.26 Å². The number of nitrogens with one attached hydrogen (secondary N) is 1. The van der Waals surface area contributed by atoms with Crippen LogP contribution in [0.15, 0.2) is 0 Å². The van der Waals surface area contributed by atoms with Gasteiger partial charge >= 0.3 is 0 Å². The molecule has 1 aliphatic heterocycles. The normalized spacial score (nSPS) is 25.1. The summed E-state index contributed by atoms with van der Waals surface area (Å²) in [6.07, 6.45) is 2.50. The number of likely N-dealkylation sites (tertiary alicyclic amines) is 1. The van der Waals surface area contributed by atoms with Crippen molar-refractivity contribution in [3.8, 4) is 6.07 Å². The topological polar surface area (TPSA) is 42.3 Å². The van der Waals surface area contributed by atoms with E-state index in [0.717, 1.165) is 13.1 Å². The van der Waals surface area contributed by atoms with Gasteiger partial charge in [0.2, 0.25) is 0 Å². The summed E-state index contributed by atoms with van der Waals surface area (Å²) in [5.74, 6) is 0. The Morgan fingerprint density at radius 3 is 2.72 bits per heavy atom. The monoisotopic (exact) mass is 252 g/mol. The van der Waals surface area contributed by atoms with Gasteiger partial charge in [0, 0.05) is 25.2 Å². The third-order valence-electron chi connectivity index (χ3n) is 3.64. The summed E-state index contributed by atoms with van der Waals surface area (Å²) in [7, 11) is 4.32. The molecule has 18 heavy (non-hydrogen) atoms. The zero-order valence-electron chi connectivity index (χ0n) is 12.5. The minimum Gasteiger partial charge on any atom is -0.305 e. The van der Waals surface area contributed by atoms with Gasteiger partial charge in [-0.2, -0.15) is 5.26 Å². The fraction of sp³-hybridized carbons (Fsp3) is 0.929. The second-order valence-electron chi connectivity index (χ2n) is 6.22. The standard InChI is InChI=1S/C14H28N4/c1-12(2)16-14(3,10-15)11-18(5)13-7-6-8-17(4)9-13/h12-13,16H,6-9,11H2,1-5H3. The molecule has 1 rings (SSSR count). The molecule has 0 amide bonds. The van der Waals surface area contributed by atoms with Crippen molar-refractivity contribution >= 4 is 0 Å². The first-order valence-electron chi connectivity index (χ1n) is 6.94. The minimum absolute atomic E-state index is 0.331. The van der Waals surface area contributed by atoms with Gasteiger partial charge in [-0.1, -0.05) is 0 Å². The summed E-state index contributed by atoms with van der Waals surface area (Å²) < 4.78 is 0. The summed E-state index contributed by atoms with van der Waals surface area (Å²) in [5, 5.41) is 12.8. The SMILES string of the molecule is CC(C)NC(C)(C#N)CN(C)C1CCCN(C)C1. The molecule has 1 aliphatic rings. The summed E-state index contributed by atoms with van der Waals surface area (Å²) in [4.78, 5) is 4.72. The van der Waals surface area contributed by atoms with Gasteiger partial charge in [-0.3, -0.25) is 10.2 Å². The molecule has 0 radical (unpaired) electrons. The van der Waals surface area contributed by atoms with Crippen LogP contribution in [0.4, 0.5) is 0 Å². The Kier molecular flexibility index (Phi) is 5.58. The van der Waals surface area contributed by atoms with Crippen molar-refractivity contribution in [2.24, 2.45) is 0 Å². The lowest BCUT2D eigenvalue weighted by molar-refractivity contribution is 0.116. The Balaban J connectivity index is 2.56. The van der Waals surface area contributed by atoms with Gasteiger partial charge in [-0.25, -0.2) is 0 Å². The van der Waals surface area contributed by atoms with Crippen LogP contribution in [0.25, 0.3) is 0 Å². The van der Waals surface area contributed by atoms with Crippen molar-refractivity contribution in [1.82, 2.24) is 15.1 Å². The molecule has 1 saturated heterocycles. The van der Waals surface area contributed by atoms with E-state index in [-0.39, 0.29) is 0 Å². The third-order valence-corrected chi connectivity index (χ3v) is 3.64. The summed E-state index contributed by atoms with van der Waals surface area (Å²) in [6.45, 7) is 9.26. The van der Waals surface area contributed by atoms with E-state index in [4.69, 9.17) is 0 Å². The molecule has 1 fully saturated rings. The fourth-order valence-corrected chi connectivity index (χ4v) is 2.88. The maximum absolute atomic E-state index is 9.38. The van der Waals surface area contributed by atoms with Crippen molar-refractivity contribution in [2.45, 2.75) is 51.2 Å². The Morgan fingerprint density at radius 2 is 2.22 bits per heavy atom. The lowest BCUT2D eigenvalue weighted by atomic mass is 9.99. The van der Waals surface area contributed by atoms with E-state index in [2.05, 4.69) is 49.1 Å². The van der Waals surface area contributed by atoms with Crippen LogP contribution in [0, 0.1) is 11.3 Å². The zero-order chi connectivity index (χ0) is 13.8. The molecule has 0 bridgehead atoms. The quantitative estimate of drug-likeness (QED) is 0.801.